The summed E-state index contributed by atoms with van der Waals surface area (Å²) in [5.41, 5.74) is 5.50. The molecule has 0 saturated heterocycles. The van der Waals surface area contributed by atoms with Crippen LogP contribution in [0.1, 0.15) is 32.1 Å². The first-order valence-corrected chi connectivity index (χ1v) is 6.74. The van der Waals surface area contributed by atoms with E-state index in [1.807, 2.05) is 0 Å². The van der Waals surface area contributed by atoms with Crippen LogP contribution in [0, 0.1) is 17.8 Å². The minimum absolute atomic E-state index is 0.0774. The molecule has 2 fully saturated rings. The van der Waals surface area contributed by atoms with Gasteiger partial charge in [0.1, 0.15) is 0 Å². The summed E-state index contributed by atoms with van der Waals surface area (Å²) in [6, 6.07) is 0. The molecule has 0 heterocycles. The van der Waals surface area contributed by atoms with Crippen LogP contribution in [0.3, 0.4) is 0 Å². The zero-order valence-corrected chi connectivity index (χ0v) is 10.7. The van der Waals surface area contributed by atoms with Crippen molar-refractivity contribution in [3.63, 3.8) is 0 Å². The fraction of sp³-hybridized carbons (Fsp3) is 0.923. The molecule has 98 valence electrons. The average molecular weight is 240 g/mol. The summed E-state index contributed by atoms with van der Waals surface area (Å²) in [6.07, 6.45) is 5.69. The number of ether oxygens (including phenoxy) is 1. The van der Waals surface area contributed by atoms with Crippen molar-refractivity contribution >= 4 is 5.91 Å². The zero-order valence-electron chi connectivity index (χ0n) is 10.7. The third-order valence-corrected chi connectivity index (χ3v) is 4.00. The lowest BCUT2D eigenvalue weighted by Crippen LogP contribution is -2.35. The van der Waals surface area contributed by atoms with Gasteiger partial charge < -0.3 is 15.8 Å². The van der Waals surface area contributed by atoms with Crippen molar-refractivity contribution in [1.29, 1.82) is 0 Å². The lowest BCUT2D eigenvalue weighted by molar-refractivity contribution is -0.123. The molecule has 2 rings (SSSR count). The first kappa shape index (κ1) is 12.8. The lowest BCUT2D eigenvalue weighted by Gasteiger charge is -2.17. The third-order valence-electron chi connectivity index (χ3n) is 4.00. The van der Waals surface area contributed by atoms with E-state index >= 15 is 0 Å². The molecule has 0 bridgehead atoms. The van der Waals surface area contributed by atoms with Gasteiger partial charge in [0.05, 0.1) is 12.5 Å². The van der Waals surface area contributed by atoms with E-state index in [1.54, 1.807) is 7.11 Å². The Morgan fingerprint density at radius 2 is 1.94 bits per heavy atom. The van der Waals surface area contributed by atoms with Gasteiger partial charge in [-0.15, -0.1) is 0 Å². The molecule has 3 N–H and O–H groups in total. The van der Waals surface area contributed by atoms with Gasteiger partial charge in [-0.25, -0.2) is 0 Å². The van der Waals surface area contributed by atoms with Gasteiger partial charge in [-0.2, -0.15) is 0 Å². The van der Waals surface area contributed by atoms with Crippen LogP contribution in [0.5, 0.6) is 0 Å². The molecule has 0 aliphatic heterocycles. The Morgan fingerprint density at radius 1 is 1.35 bits per heavy atom. The fourth-order valence-corrected chi connectivity index (χ4v) is 2.54. The van der Waals surface area contributed by atoms with Gasteiger partial charge >= 0.3 is 0 Å². The molecule has 4 nitrogen and oxygen atoms in total. The van der Waals surface area contributed by atoms with E-state index in [1.165, 1.54) is 25.7 Å². The summed E-state index contributed by atoms with van der Waals surface area (Å²) >= 11 is 0. The number of carbonyl (C=O) groups excluding carboxylic acids is 1. The second-order valence-electron chi connectivity index (χ2n) is 5.44. The maximum Gasteiger partial charge on any atom is 0.222 e. The van der Waals surface area contributed by atoms with Crippen LogP contribution in [0.25, 0.3) is 0 Å². The Balaban J connectivity index is 1.67. The van der Waals surface area contributed by atoms with E-state index in [9.17, 15) is 4.79 Å². The molecule has 1 amide bonds. The van der Waals surface area contributed by atoms with Crippen molar-refractivity contribution in [2.45, 2.75) is 38.2 Å². The largest absolute Gasteiger partial charge is 0.380 e. The second kappa shape index (κ2) is 5.83. The molecule has 1 unspecified atom stereocenters. The van der Waals surface area contributed by atoms with Crippen LogP contribution < -0.4 is 11.1 Å². The number of nitrogens with two attached hydrogens (primary N) is 1. The zero-order chi connectivity index (χ0) is 12.3. The van der Waals surface area contributed by atoms with Crippen LogP contribution in [0.15, 0.2) is 0 Å². The summed E-state index contributed by atoms with van der Waals surface area (Å²) in [7, 11) is 1.60. The summed E-state index contributed by atoms with van der Waals surface area (Å²) in [5.74, 6) is 2.58. The van der Waals surface area contributed by atoms with E-state index in [2.05, 4.69) is 5.32 Å². The minimum atomic E-state index is -0.143. The van der Waals surface area contributed by atoms with Crippen LogP contribution >= 0.6 is 0 Å². The third kappa shape index (κ3) is 3.96. The number of nitrogens with one attached hydrogen (secondary N) is 1. The number of carbonyl (C=O) groups is 1. The predicted molar refractivity (Wildman–Crippen MR) is 66.4 cm³/mol. The number of amides is 1. The molecule has 2 saturated carbocycles. The quantitative estimate of drug-likeness (QED) is 0.662. The van der Waals surface area contributed by atoms with Gasteiger partial charge in [0.2, 0.25) is 5.91 Å². The molecular formula is C13H24N2O2. The van der Waals surface area contributed by atoms with Crippen molar-refractivity contribution in [3.05, 3.63) is 0 Å². The molecular weight excluding hydrogens is 216 g/mol. The van der Waals surface area contributed by atoms with Crippen LogP contribution in [-0.2, 0) is 9.53 Å². The Labute approximate surface area is 103 Å². The van der Waals surface area contributed by atoms with E-state index in [4.69, 9.17) is 10.5 Å². The normalized spacial score (nSPS) is 21.6. The molecule has 2 aliphatic rings. The van der Waals surface area contributed by atoms with E-state index in [0.29, 0.717) is 13.0 Å². The minimum Gasteiger partial charge on any atom is -0.380 e. The number of hydrogen-bond donors (Lipinski definition) is 2. The van der Waals surface area contributed by atoms with Gasteiger partial charge in [-0.05, 0) is 43.4 Å². The Kier molecular flexibility index (Phi) is 4.40. The average Bonchev–Trinajstić information content (AvgIpc) is 3.16. The maximum atomic E-state index is 11.7. The predicted octanol–water partition coefficient (Wildman–Crippen LogP) is 0.903. The van der Waals surface area contributed by atoms with Crippen molar-refractivity contribution in [3.8, 4) is 0 Å². The lowest BCUT2D eigenvalue weighted by atomic mass is 9.98. The van der Waals surface area contributed by atoms with E-state index in [0.717, 1.165) is 24.3 Å². The number of hydrogen-bond acceptors (Lipinski definition) is 3. The molecule has 17 heavy (non-hydrogen) atoms. The Hall–Kier alpha value is -0.610. The van der Waals surface area contributed by atoms with Crippen LogP contribution in [0.2, 0.25) is 0 Å². The van der Waals surface area contributed by atoms with Crippen LogP contribution in [0.4, 0.5) is 0 Å². The van der Waals surface area contributed by atoms with Crippen molar-refractivity contribution in [2.24, 2.45) is 23.5 Å². The highest BCUT2D eigenvalue weighted by Crippen LogP contribution is 2.48. The molecule has 2 aliphatic carbocycles. The van der Waals surface area contributed by atoms with E-state index < -0.39 is 0 Å². The summed E-state index contributed by atoms with van der Waals surface area (Å²) in [5, 5.41) is 3.05. The summed E-state index contributed by atoms with van der Waals surface area (Å²) < 4.78 is 5.11. The first-order valence-electron chi connectivity index (χ1n) is 6.74. The summed E-state index contributed by atoms with van der Waals surface area (Å²) in [6.45, 7) is 1.26. The maximum absolute atomic E-state index is 11.7. The van der Waals surface area contributed by atoms with Gasteiger partial charge in [-0.3, -0.25) is 4.79 Å². The molecule has 0 spiro atoms. The van der Waals surface area contributed by atoms with Crippen molar-refractivity contribution in [2.75, 3.05) is 20.2 Å². The second-order valence-corrected chi connectivity index (χ2v) is 5.44. The molecule has 1 atom stereocenters. The molecule has 0 aromatic heterocycles. The van der Waals surface area contributed by atoms with Gasteiger partial charge in [0, 0.05) is 20.2 Å². The highest BCUT2D eigenvalue weighted by Gasteiger charge is 2.41. The number of methoxy groups -OCH3 is 1. The highest BCUT2D eigenvalue weighted by atomic mass is 16.5. The SMILES string of the molecule is COC(CN)CC(=O)NCC(C1CC1)C1CC1. The number of rotatable bonds is 8. The molecule has 0 aromatic rings. The fourth-order valence-electron chi connectivity index (χ4n) is 2.54. The van der Waals surface area contributed by atoms with E-state index in [-0.39, 0.29) is 12.0 Å². The molecule has 0 radical (unpaired) electrons. The Bertz CT molecular complexity index is 246. The monoisotopic (exact) mass is 240 g/mol. The standard InChI is InChI=1S/C13H24N2O2/c1-17-11(7-14)6-13(16)15-8-12(9-2-3-9)10-4-5-10/h9-12H,2-8,14H2,1H3,(H,15,16). The molecule has 4 heteroatoms. The van der Waals surface area contributed by atoms with Gasteiger partial charge in [0.15, 0.2) is 0 Å². The van der Waals surface area contributed by atoms with Crippen molar-refractivity contribution in [1.82, 2.24) is 5.32 Å². The van der Waals surface area contributed by atoms with Crippen LogP contribution in [-0.4, -0.2) is 32.2 Å². The molecule has 0 aromatic carbocycles. The van der Waals surface area contributed by atoms with Crippen molar-refractivity contribution < 1.29 is 9.53 Å². The van der Waals surface area contributed by atoms with Gasteiger partial charge in [-0.1, -0.05) is 0 Å². The topological polar surface area (TPSA) is 64.3 Å². The highest BCUT2D eigenvalue weighted by molar-refractivity contribution is 5.76. The van der Waals surface area contributed by atoms with Gasteiger partial charge in [0.25, 0.3) is 0 Å². The smallest absolute Gasteiger partial charge is 0.222 e. The first-order chi connectivity index (χ1) is 8.24. The summed E-state index contributed by atoms with van der Waals surface area (Å²) in [4.78, 5) is 11.7. The Morgan fingerprint density at radius 3 is 2.35 bits per heavy atom.